The first-order valence-corrected chi connectivity index (χ1v) is 10.7. The second-order valence-electron chi connectivity index (χ2n) is 8.37. The van der Waals surface area contributed by atoms with Crippen molar-refractivity contribution in [3.8, 4) is 6.07 Å². The summed E-state index contributed by atoms with van der Waals surface area (Å²) in [6, 6.07) is 9.69. The molecule has 0 aromatic heterocycles. The number of urea groups is 1. The number of nitriles is 1. The number of esters is 1. The Labute approximate surface area is 183 Å². The number of carbonyl (C=O) groups excluding carboxylic acids is 3. The molecule has 0 aliphatic heterocycles. The summed E-state index contributed by atoms with van der Waals surface area (Å²) in [4.78, 5) is 39.4. The summed E-state index contributed by atoms with van der Waals surface area (Å²) in [7, 11) is 1.59. The van der Waals surface area contributed by atoms with Gasteiger partial charge in [0.05, 0.1) is 6.07 Å². The van der Waals surface area contributed by atoms with E-state index in [2.05, 4.69) is 16.7 Å². The molecular weight excluding hydrogens is 396 g/mol. The molecule has 0 spiro atoms. The molecule has 1 aliphatic carbocycles. The molecule has 1 saturated carbocycles. The Morgan fingerprint density at radius 1 is 1.10 bits per heavy atom. The van der Waals surface area contributed by atoms with E-state index in [1.165, 1.54) is 11.8 Å². The van der Waals surface area contributed by atoms with Crippen LogP contribution in [-0.4, -0.2) is 47.5 Å². The highest BCUT2D eigenvalue weighted by atomic mass is 16.5. The van der Waals surface area contributed by atoms with Gasteiger partial charge in [-0.3, -0.25) is 4.79 Å². The fraction of sp³-hybridized carbons (Fsp3) is 0.565. The third-order valence-electron chi connectivity index (χ3n) is 5.74. The van der Waals surface area contributed by atoms with Crippen LogP contribution in [-0.2, 0) is 14.3 Å². The summed E-state index contributed by atoms with van der Waals surface area (Å²) in [5, 5.41) is 15.0. The summed E-state index contributed by atoms with van der Waals surface area (Å²) < 4.78 is 5.41. The van der Waals surface area contributed by atoms with Gasteiger partial charge < -0.3 is 20.3 Å². The number of hydrogen-bond acceptors (Lipinski definition) is 5. The summed E-state index contributed by atoms with van der Waals surface area (Å²) in [6.07, 6.45) is 2.97. The number of anilines is 1. The van der Waals surface area contributed by atoms with Crippen LogP contribution < -0.4 is 10.6 Å². The second-order valence-corrected chi connectivity index (χ2v) is 8.37. The third-order valence-corrected chi connectivity index (χ3v) is 5.74. The second kappa shape index (κ2) is 10.8. The number of nitrogens with one attached hydrogen (secondary N) is 2. The zero-order chi connectivity index (χ0) is 23.0. The van der Waals surface area contributed by atoms with Crippen LogP contribution in [0.25, 0.3) is 0 Å². The van der Waals surface area contributed by atoms with Crippen LogP contribution in [0.15, 0.2) is 30.3 Å². The molecule has 0 unspecified atom stereocenters. The lowest BCUT2D eigenvalue weighted by atomic mass is 9.81. The van der Waals surface area contributed by atoms with Crippen molar-refractivity contribution in [2.45, 2.75) is 70.6 Å². The standard InChI is InChI=1S/C23H32N4O4/c1-16(2)19(26-22(30)25-18-11-7-5-8-12-18)21(29)31-17(3)20(28)27(4)23(15-24)13-9-6-10-14-23/h5,7-8,11-12,16-17,19H,6,9-10,13-14H2,1-4H3,(H2,25,26,30)/t17-,19-/m0/s1. The van der Waals surface area contributed by atoms with Gasteiger partial charge in [0.1, 0.15) is 11.6 Å². The van der Waals surface area contributed by atoms with Crippen LogP contribution in [0.1, 0.15) is 52.9 Å². The fourth-order valence-corrected chi connectivity index (χ4v) is 3.77. The topological polar surface area (TPSA) is 112 Å². The summed E-state index contributed by atoms with van der Waals surface area (Å²) in [6.45, 7) is 5.05. The summed E-state index contributed by atoms with van der Waals surface area (Å²) in [5.74, 6) is -1.37. The molecule has 0 heterocycles. The Bertz CT molecular complexity index is 813. The molecule has 2 atom stereocenters. The number of carbonyl (C=O) groups is 3. The monoisotopic (exact) mass is 428 g/mol. The van der Waals surface area contributed by atoms with E-state index in [4.69, 9.17) is 4.74 Å². The predicted molar refractivity (Wildman–Crippen MR) is 117 cm³/mol. The van der Waals surface area contributed by atoms with Crippen LogP contribution in [0.2, 0.25) is 0 Å². The maximum atomic E-state index is 12.9. The molecule has 8 nitrogen and oxygen atoms in total. The smallest absolute Gasteiger partial charge is 0.329 e. The molecular formula is C23H32N4O4. The van der Waals surface area contributed by atoms with Crippen LogP contribution in [0.4, 0.5) is 10.5 Å². The van der Waals surface area contributed by atoms with E-state index in [0.717, 1.165) is 19.3 Å². The molecule has 0 saturated heterocycles. The lowest BCUT2D eigenvalue weighted by Crippen LogP contribution is -2.54. The fourth-order valence-electron chi connectivity index (χ4n) is 3.77. The zero-order valence-electron chi connectivity index (χ0n) is 18.7. The van der Waals surface area contributed by atoms with Gasteiger partial charge in [0.2, 0.25) is 0 Å². The lowest BCUT2D eigenvalue weighted by molar-refractivity contribution is -0.163. The molecule has 168 valence electrons. The summed E-state index contributed by atoms with van der Waals surface area (Å²) in [5.41, 5.74) is -0.267. The van der Waals surface area contributed by atoms with Gasteiger partial charge in [0.15, 0.2) is 6.10 Å². The third kappa shape index (κ3) is 6.20. The largest absolute Gasteiger partial charge is 0.451 e. The van der Waals surface area contributed by atoms with Gasteiger partial charge in [-0.2, -0.15) is 5.26 Å². The molecule has 1 aliphatic rings. The number of para-hydroxylation sites is 1. The van der Waals surface area contributed by atoms with Gasteiger partial charge >= 0.3 is 12.0 Å². The molecule has 1 aromatic carbocycles. The first-order valence-electron chi connectivity index (χ1n) is 10.7. The zero-order valence-corrected chi connectivity index (χ0v) is 18.7. The van der Waals surface area contributed by atoms with Crippen molar-refractivity contribution in [2.75, 3.05) is 12.4 Å². The highest BCUT2D eigenvalue weighted by Gasteiger charge is 2.41. The maximum absolute atomic E-state index is 12.9. The number of rotatable bonds is 7. The van der Waals surface area contributed by atoms with Crippen molar-refractivity contribution in [1.29, 1.82) is 5.26 Å². The minimum Gasteiger partial charge on any atom is -0.451 e. The molecule has 3 amide bonds. The van der Waals surface area contributed by atoms with Crippen molar-refractivity contribution < 1.29 is 19.1 Å². The molecule has 1 aromatic rings. The number of nitrogens with zero attached hydrogens (tertiary/aromatic N) is 2. The van der Waals surface area contributed by atoms with E-state index in [0.29, 0.717) is 18.5 Å². The molecule has 31 heavy (non-hydrogen) atoms. The SMILES string of the molecule is CC(C)[C@H](NC(=O)Nc1ccccc1)C(=O)O[C@@H](C)C(=O)N(C)C1(C#N)CCCCC1. The number of ether oxygens (including phenoxy) is 1. The number of amides is 3. The number of likely N-dealkylation sites (N-methyl/N-ethyl adjacent to an activating group) is 1. The van der Waals surface area contributed by atoms with Crippen LogP contribution >= 0.6 is 0 Å². The molecule has 2 rings (SSSR count). The first kappa shape index (κ1) is 24.2. The normalized spacial score (nSPS) is 17.0. The average Bonchev–Trinajstić information content (AvgIpc) is 2.77. The van der Waals surface area contributed by atoms with Crippen molar-refractivity contribution in [2.24, 2.45) is 5.92 Å². The molecule has 1 fully saturated rings. The van der Waals surface area contributed by atoms with E-state index in [9.17, 15) is 19.6 Å². The predicted octanol–water partition coefficient (Wildman–Crippen LogP) is 3.45. The van der Waals surface area contributed by atoms with E-state index in [1.807, 2.05) is 6.07 Å². The maximum Gasteiger partial charge on any atom is 0.329 e. The molecule has 2 N–H and O–H groups in total. The van der Waals surface area contributed by atoms with E-state index in [1.54, 1.807) is 45.2 Å². The molecule has 0 bridgehead atoms. The van der Waals surface area contributed by atoms with Gasteiger partial charge in [-0.05, 0) is 37.8 Å². The minimum absolute atomic E-state index is 0.252. The van der Waals surface area contributed by atoms with Crippen molar-refractivity contribution in [3.63, 3.8) is 0 Å². The Morgan fingerprint density at radius 3 is 2.26 bits per heavy atom. The number of hydrogen-bond donors (Lipinski definition) is 2. The lowest BCUT2D eigenvalue weighted by Gasteiger charge is -2.40. The van der Waals surface area contributed by atoms with Gasteiger partial charge in [0.25, 0.3) is 5.91 Å². The first-order chi connectivity index (χ1) is 14.7. The van der Waals surface area contributed by atoms with E-state index in [-0.39, 0.29) is 5.92 Å². The Hall–Kier alpha value is -3.08. The molecule has 8 heteroatoms. The quantitative estimate of drug-likeness (QED) is 0.646. The minimum atomic E-state index is -1.06. The number of benzene rings is 1. The van der Waals surface area contributed by atoms with Crippen molar-refractivity contribution in [3.05, 3.63) is 30.3 Å². The van der Waals surface area contributed by atoms with E-state index < -0.39 is 35.6 Å². The average molecular weight is 429 g/mol. The van der Waals surface area contributed by atoms with Gasteiger partial charge in [0, 0.05) is 12.7 Å². The van der Waals surface area contributed by atoms with Crippen molar-refractivity contribution in [1.82, 2.24) is 10.2 Å². The Kier molecular flexibility index (Phi) is 8.43. The van der Waals surface area contributed by atoms with Crippen LogP contribution in [0.3, 0.4) is 0 Å². The van der Waals surface area contributed by atoms with E-state index >= 15 is 0 Å². The van der Waals surface area contributed by atoms with Crippen LogP contribution in [0.5, 0.6) is 0 Å². The van der Waals surface area contributed by atoms with Crippen LogP contribution in [0, 0.1) is 17.2 Å². The van der Waals surface area contributed by atoms with Gasteiger partial charge in [-0.1, -0.05) is 51.3 Å². The Balaban J connectivity index is 2.00. The van der Waals surface area contributed by atoms with Gasteiger partial charge in [-0.25, -0.2) is 9.59 Å². The summed E-state index contributed by atoms with van der Waals surface area (Å²) >= 11 is 0. The van der Waals surface area contributed by atoms with Crippen molar-refractivity contribution >= 4 is 23.6 Å². The Morgan fingerprint density at radius 2 is 1.71 bits per heavy atom. The highest BCUT2D eigenvalue weighted by Crippen LogP contribution is 2.33. The van der Waals surface area contributed by atoms with Gasteiger partial charge in [-0.15, -0.1) is 0 Å². The molecule has 0 radical (unpaired) electrons. The highest BCUT2D eigenvalue weighted by molar-refractivity contribution is 5.93.